The first-order valence-corrected chi connectivity index (χ1v) is 6.23. The highest BCUT2D eigenvalue weighted by molar-refractivity contribution is 5.44. The molecule has 6 nitrogen and oxygen atoms in total. The predicted molar refractivity (Wildman–Crippen MR) is 70.3 cm³/mol. The molecule has 0 unspecified atom stereocenters. The summed E-state index contributed by atoms with van der Waals surface area (Å²) in [5, 5.41) is 20.3. The van der Waals surface area contributed by atoms with Crippen molar-refractivity contribution in [3.63, 3.8) is 0 Å². The van der Waals surface area contributed by atoms with E-state index in [4.69, 9.17) is 9.47 Å². The molecule has 1 rings (SSSR count). The molecule has 1 aromatic carbocycles. The molecule has 1 N–H and O–H groups in total. The third-order valence-corrected chi connectivity index (χ3v) is 2.55. The normalized spacial score (nSPS) is 12.2. The first-order chi connectivity index (χ1) is 9.06. The lowest BCUT2D eigenvalue weighted by Crippen LogP contribution is -2.06. The number of non-ortho nitro benzene ring substituents is 1. The number of aliphatic hydroxyl groups is 1. The highest BCUT2D eigenvalue weighted by atomic mass is 16.6. The average molecular weight is 269 g/mol. The Balaban J connectivity index is 2.69. The van der Waals surface area contributed by atoms with Gasteiger partial charge in [-0.3, -0.25) is 10.1 Å². The van der Waals surface area contributed by atoms with Crippen molar-refractivity contribution in [2.24, 2.45) is 0 Å². The van der Waals surface area contributed by atoms with Gasteiger partial charge in [0.05, 0.1) is 17.6 Å². The summed E-state index contributed by atoms with van der Waals surface area (Å²) in [7, 11) is 0. The second kappa shape index (κ2) is 7.70. The van der Waals surface area contributed by atoms with Crippen LogP contribution in [0.1, 0.15) is 31.9 Å². The van der Waals surface area contributed by atoms with Crippen molar-refractivity contribution in [2.75, 3.05) is 19.8 Å². The van der Waals surface area contributed by atoms with Crippen LogP contribution in [-0.4, -0.2) is 29.9 Å². The third kappa shape index (κ3) is 4.84. The van der Waals surface area contributed by atoms with E-state index >= 15 is 0 Å². The van der Waals surface area contributed by atoms with Gasteiger partial charge in [0.25, 0.3) is 5.69 Å². The molecule has 0 aliphatic rings. The van der Waals surface area contributed by atoms with E-state index in [1.165, 1.54) is 18.2 Å². The monoisotopic (exact) mass is 269 g/mol. The fourth-order valence-electron chi connectivity index (χ4n) is 1.59. The van der Waals surface area contributed by atoms with E-state index in [2.05, 4.69) is 0 Å². The number of hydrogen-bond acceptors (Lipinski definition) is 5. The van der Waals surface area contributed by atoms with Gasteiger partial charge in [0.1, 0.15) is 5.75 Å². The lowest BCUT2D eigenvalue weighted by molar-refractivity contribution is -0.385. The molecular weight excluding hydrogens is 250 g/mol. The van der Waals surface area contributed by atoms with Crippen LogP contribution in [0.3, 0.4) is 0 Å². The summed E-state index contributed by atoms with van der Waals surface area (Å²) in [6.45, 7) is 5.18. The van der Waals surface area contributed by atoms with Crippen LogP contribution in [0.15, 0.2) is 18.2 Å². The number of rotatable bonds is 8. The van der Waals surface area contributed by atoms with Gasteiger partial charge in [-0.1, -0.05) is 0 Å². The molecule has 0 saturated carbocycles. The molecule has 0 aliphatic heterocycles. The maximum Gasteiger partial charge on any atom is 0.270 e. The fourth-order valence-corrected chi connectivity index (χ4v) is 1.59. The van der Waals surface area contributed by atoms with Crippen LogP contribution in [0.5, 0.6) is 5.75 Å². The molecule has 0 heterocycles. The lowest BCUT2D eigenvalue weighted by Gasteiger charge is -2.13. The Labute approximate surface area is 112 Å². The van der Waals surface area contributed by atoms with Gasteiger partial charge < -0.3 is 14.6 Å². The molecule has 1 atom stereocenters. The highest BCUT2D eigenvalue weighted by Gasteiger charge is 2.15. The first kappa shape index (κ1) is 15.4. The van der Waals surface area contributed by atoms with Crippen molar-refractivity contribution in [1.29, 1.82) is 0 Å². The number of nitrogens with zero attached hydrogens (tertiary/aromatic N) is 1. The SMILES string of the molecule is CCOCCCOc1ccc([N+](=O)[O-])cc1[C@@H](C)O. The molecular formula is C13H19NO5. The van der Waals surface area contributed by atoms with Crippen LogP contribution < -0.4 is 4.74 Å². The zero-order chi connectivity index (χ0) is 14.3. The molecule has 1 aromatic rings. The molecule has 19 heavy (non-hydrogen) atoms. The summed E-state index contributed by atoms with van der Waals surface area (Å²) in [6, 6.07) is 4.22. The quantitative estimate of drug-likeness (QED) is 0.445. The molecule has 0 radical (unpaired) electrons. The Bertz CT molecular complexity index is 419. The summed E-state index contributed by atoms with van der Waals surface area (Å²) >= 11 is 0. The lowest BCUT2D eigenvalue weighted by atomic mass is 10.1. The van der Waals surface area contributed by atoms with E-state index in [1.807, 2.05) is 6.92 Å². The van der Waals surface area contributed by atoms with Crippen molar-refractivity contribution in [1.82, 2.24) is 0 Å². The van der Waals surface area contributed by atoms with E-state index in [9.17, 15) is 15.2 Å². The highest BCUT2D eigenvalue weighted by Crippen LogP contribution is 2.29. The number of nitro benzene ring substituents is 1. The Hall–Kier alpha value is -1.66. The minimum Gasteiger partial charge on any atom is -0.493 e. The van der Waals surface area contributed by atoms with Gasteiger partial charge in [-0.05, 0) is 19.9 Å². The van der Waals surface area contributed by atoms with Crippen molar-refractivity contribution in [3.8, 4) is 5.75 Å². The van der Waals surface area contributed by atoms with Crippen molar-refractivity contribution in [2.45, 2.75) is 26.4 Å². The standard InChI is InChI=1S/C13H19NO5/c1-3-18-7-4-8-19-13-6-5-11(14(16)17)9-12(13)10(2)15/h5-6,9-10,15H,3-4,7-8H2,1-2H3/t10-/m1/s1. The van der Waals surface area contributed by atoms with Gasteiger partial charge in [0, 0.05) is 37.3 Å². The molecule has 0 saturated heterocycles. The van der Waals surface area contributed by atoms with Crippen molar-refractivity contribution in [3.05, 3.63) is 33.9 Å². The van der Waals surface area contributed by atoms with E-state index in [0.717, 1.165) is 6.42 Å². The second-order valence-electron chi connectivity index (χ2n) is 4.05. The Morgan fingerprint density at radius 1 is 1.42 bits per heavy atom. The van der Waals surface area contributed by atoms with E-state index in [1.54, 1.807) is 6.92 Å². The smallest absolute Gasteiger partial charge is 0.270 e. The van der Waals surface area contributed by atoms with Crippen molar-refractivity contribution >= 4 is 5.69 Å². The number of aliphatic hydroxyl groups excluding tert-OH is 1. The maximum atomic E-state index is 10.7. The molecule has 0 amide bonds. The summed E-state index contributed by atoms with van der Waals surface area (Å²) < 4.78 is 10.7. The maximum absolute atomic E-state index is 10.7. The van der Waals surface area contributed by atoms with Crippen LogP contribution in [0.4, 0.5) is 5.69 Å². The van der Waals surface area contributed by atoms with E-state index < -0.39 is 11.0 Å². The van der Waals surface area contributed by atoms with E-state index in [-0.39, 0.29) is 5.69 Å². The number of hydrogen-bond donors (Lipinski definition) is 1. The van der Waals surface area contributed by atoms with Crippen LogP contribution in [0.25, 0.3) is 0 Å². The van der Waals surface area contributed by atoms with Gasteiger partial charge in [0.15, 0.2) is 0 Å². The van der Waals surface area contributed by atoms with Gasteiger partial charge >= 0.3 is 0 Å². The molecule has 6 heteroatoms. The van der Waals surface area contributed by atoms with Crippen LogP contribution >= 0.6 is 0 Å². The molecule has 0 aliphatic carbocycles. The zero-order valence-electron chi connectivity index (χ0n) is 11.2. The second-order valence-corrected chi connectivity index (χ2v) is 4.05. The minimum atomic E-state index is -0.818. The topological polar surface area (TPSA) is 81.8 Å². The summed E-state index contributed by atoms with van der Waals surface area (Å²) in [5.74, 6) is 0.470. The Morgan fingerprint density at radius 2 is 2.16 bits per heavy atom. The fraction of sp³-hybridized carbons (Fsp3) is 0.538. The van der Waals surface area contributed by atoms with Crippen molar-refractivity contribution < 1.29 is 19.5 Å². The number of nitro groups is 1. The minimum absolute atomic E-state index is 0.0578. The Morgan fingerprint density at radius 3 is 2.74 bits per heavy atom. The number of benzene rings is 1. The van der Waals surface area contributed by atoms with Gasteiger partial charge in [0.2, 0.25) is 0 Å². The summed E-state index contributed by atoms with van der Waals surface area (Å²) in [5.41, 5.74) is 0.364. The molecule has 0 fully saturated rings. The van der Waals surface area contributed by atoms with Gasteiger partial charge in [-0.2, -0.15) is 0 Å². The summed E-state index contributed by atoms with van der Waals surface area (Å²) in [4.78, 5) is 10.2. The van der Waals surface area contributed by atoms with E-state index in [0.29, 0.717) is 31.1 Å². The van der Waals surface area contributed by atoms with Crippen LogP contribution in [0.2, 0.25) is 0 Å². The zero-order valence-corrected chi connectivity index (χ0v) is 11.2. The van der Waals surface area contributed by atoms with Crippen LogP contribution in [0, 0.1) is 10.1 Å². The van der Waals surface area contributed by atoms with Gasteiger partial charge in [-0.15, -0.1) is 0 Å². The average Bonchev–Trinajstić information content (AvgIpc) is 2.38. The predicted octanol–water partition coefficient (Wildman–Crippen LogP) is 2.45. The largest absolute Gasteiger partial charge is 0.493 e. The van der Waals surface area contributed by atoms with Crippen LogP contribution in [-0.2, 0) is 4.74 Å². The summed E-state index contributed by atoms with van der Waals surface area (Å²) in [6.07, 6.45) is -0.0915. The molecule has 106 valence electrons. The molecule has 0 bridgehead atoms. The molecule has 0 aromatic heterocycles. The van der Waals surface area contributed by atoms with Gasteiger partial charge in [-0.25, -0.2) is 0 Å². The Kier molecular flexibility index (Phi) is 6.24. The molecule has 0 spiro atoms. The number of ether oxygens (including phenoxy) is 2. The first-order valence-electron chi connectivity index (χ1n) is 6.23. The third-order valence-electron chi connectivity index (χ3n) is 2.55.